The van der Waals surface area contributed by atoms with Gasteiger partial charge in [-0.2, -0.15) is 0 Å². The standard InChI is InChI=1S/C18H23N3O4/c1-11-9-20(10-12(2)25-11)16-8-17(23)21(18(16)24)15-6-4-14(5-7-15)19-13(3)22/h4-7,11-12,16H,8-10H2,1-3H3,(H,19,22)/t11-,12+,16-/m1/s1. The van der Waals surface area contributed by atoms with Gasteiger partial charge in [-0.25, -0.2) is 4.90 Å². The summed E-state index contributed by atoms with van der Waals surface area (Å²) in [6.45, 7) is 6.66. The maximum atomic E-state index is 12.8. The van der Waals surface area contributed by atoms with Crippen LogP contribution in [0, 0.1) is 0 Å². The first-order valence-electron chi connectivity index (χ1n) is 8.49. The first kappa shape index (κ1) is 17.6. The Morgan fingerprint density at radius 1 is 1.12 bits per heavy atom. The monoisotopic (exact) mass is 345 g/mol. The Balaban J connectivity index is 1.76. The smallest absolute Gasteiger partial charge is 0.251 e. The summed E-state index contributed by atoms with van der Waals surface area (Å²) >= 11 is 0. The van der Waals surface area contributed by atoms with Gasteiger partial charge in [0, 0.05) is 25.7 Å². The number of nitrogens with zero attached hydrogens (tertiary/aromatic N) is 2. The van der Waals surface area contributed by atoms with Gasteiger partial charge < -0.3 is 10.1 Å². The molecule has 2 aliphatic rings. The first-order valence-corrected chi connectivity index (χ1v) is 8.49. The average molecular weight is 345 g/mol. The van der Waals surface area contributed by atoms with E-state index in [1.54, 1.807) is 24.3 Å². The number of carbonyl (C=O) groups is 3. The molecule has 1 aromatic carbocycles. The van der Waals surface area contributed by atoms with Crippen LogP contribution in [0.1, 0.15) is 27.2 Å². The van der Waals surface area contributed by atoms with Crippen molar-refractivity contribution < 1.29 is 19.1 Å². The van der Waals surface area contributed by atoms with Crippen LogP contribution in [0.5, 0.6) is 0 Å². The van der Waals surface area contributed by atoms with Crippen LogP contribution in [0.25, 0.3) is 0 Å². The molecular weight excluding hydrogens is 322 g/mol. The number of hydrogen-bond acceptors (Lipinski definition) is 5. The zero-order valence-corrected chi connectivity index (χ0v) is 14.7. The predicted molar refractivity (Wildman–Crippen MR) is 93.2 cm³/mol. The SMILES string of the molecule is CC(=O)Nc1ccc(N2C(=O)C[C@@H](N3C[C@@H](C)O[C@@H](C)C3)C2=O)cc1. The topological polar surface area (TPSA) is 79.0 Å². The van der Waals surface area contributed by atoms with Crippen molar-refractivity contribution in [3.63, 3.8) is 0 Å². The van der Waals surface area contributed by atoms with Crippen molar-refractivity contribution in [1.29, 1.82) is 0 Å². The normalized spacial score (nSPS) is 27.6. The van der Waals surface area contributed by atoms with Gasteiger partial charge in [0.05, 0.1) is 30.4 Å². The molecule has 2 saturated heterocycles. The van der Waals surface area contributed by atoms with E-state index in [-0.39, 0.29) is 36.4 Å². The summed E-state index contributed by atoms with van der Waals surface area (Å²) in [5.74, 6) is -0.565. The van der Waals surface area contributed by atoms with Crippen LogP contribution in [0.15, 0.2) is 24.3 Å². The summed E-state index contributed by atoms with van der Waals surface area (Å²) in [5, 5.41) is 2.67. The Morgan fingerprint density at radius 2 is 1.72 bits per heavy atom. The van der Waals surface area contributed by atoms with Crippen molar-refractivity contribution in [3.05, 3.63) is 24.3 Å². The number of benzene rings is 1. The van der Waals surface area contributed by atoms with Crippen molar-refractivity contribution >= 4 is 29.1 Å². The van der Waals surface area contributed by atoms with Crippen molar-refractivity contribution in [3.8, 4) is 0 Å². The minimum atomic E-state index is -0.434. The summed E-state index contributed by atoms with van der Waals surface area (Å²) in [7, 11) is 0. The molecule has 2 aliphatic heterocycles. The third-order valence-corrected chi connectivity index (χ3v) is 4.46. The maximum absolute atomic E-state index is 12.8. The van der Waals surface area contributed by atoms with Crippen LogP contribution < -0.4 is 10.2 Å². The number of amides is 3. The molecule has 25 heavy (non-hydrogen) atoms. The van der Waals surface area contributed by atoms with Crippen LogP contribution >= 0.6 is 0 Å². The molecular formula is C18H23N3O4. The average Bonchev–Trinajstić information content (AvgIpc) is 2.82. The molecule has 0 bridgehead atoms. The number of nitrogens with one attached hydrogen (secondary N) is 1. The highest BCUT2D eigenvalue weighted by Gasteiger charge is 2.44. The molecule has 1 N–H and O–H groups in total. The largest absolute Gasteiger partial charge is 0.373 e. The van der Waals surface area contributed by atoms with E-state index >= 15 is 0 Å². The second-order valence-corrected chi connectivity index (χ2v) is 6.73. The first-order chi connectivity index (χ1) is 11.8. The van der Waals surface area contributed by atoms with Gasteiger partial charge in [0.1, 0.15) is 0 Å². The Hall–Kier alpha value is -2.25. The molecule has 3 atom stereocenters. The molecule has 0 unspecified atom stereocenters. The van der Waals surface area contributed by atoms with Crippen molar-refractivity contribution in [1.82, 2.24) is 4.90 Å². The van der Waals surface area contributed by atoms with E-state index in [1.165, 1.54) is 11.8 Å². The Kier molecular flexibility index (Phi) is 4.87. The summed E-state index contributed by atoms with van der Waals surface area (Å²) < 4.78 is 5.71. The lowest BCUT2D eigenvalue weighted by Gasteiger charge is -2.37. The minimum absolute atomic E-state index is 0.0395. The van der Waals surface area contributed by atoms with E-state index in [1.807, 2.05) is 18.7 Å². The molecule has 3 amide bonds. The second-order valence-electron chi connectivity index (χ2n) is 6.73. The number of hydrogen-bond donors (Lipinski definition) is 1. The third kappa shape index (κ3) is 3.72. The van der Waals surface area contributed by atoms with Crippen LogP contribution in [-0.4, -0.2) is 54.0 Å². The highest BCUT2D eigenvalue weighted by atomic mass is 16.5. The number of imide groups is 1. The summed E-state index contributed by atoms with van der Waals surface area (Å²) in [4.78, 5) is 39.7. The van der Waals surface area contributed by atoms with Crippen molar-refractivity contribution in [2.45, 2.75) is 45.4 Å². The lowest BCUT2D eigenvalue weighted by molar-refractivity contribution is -0.127. The van der Waals surface area contributed by atoms with Crippen LogP contribution in [-0.2, 0) is 19.1 Å². The van der Waals surface area contributed by atoms with Gasteiger partial charge in [-0.1, -0.05) is 0 Å². The predicted octanol–water partition coefficient (Wildman–Crippen LogP) is 1.39. The van der Waals surface area contributed by atoms with E-state index < -0.39 is 6.04 Å². The quantitative estimate of drug-likeness (QED) is 0.838. The molecule has 0 spiro atoms. The molecule has 0 aliphatic carbocycles. The molecule has 2 fully saturated rings. The van der Waals surface area contributed by atoms with Crippen molar-refractivity contribution in [2.75, 3.05) is 23.3 Å². The molecule has 3 rings (SSSR count). The molecule has 0 radical (unpaired) electrons. The molecule has 7 nitrogen and oxygen atoms in total. The number of rotatable bonds is 3. The molecule has 0 aromatic heterocycles. The minimum Gasteiger partial charge on any atom is -0.373 e. The fourth-order valence-electron chi connectivity index (χ4n) is 3.54. The Morgan fingerprint density at radius 3 is 2.28 bits per heavy atom. The molecule has 1 aromatic rings. The molecule has 7 heteroatoms. The zero-order chi connectivity index (χ0) is 18.1. The number of anilines is 2. The fourth-order valence-corrected chi connectivity index (χ4v) is 3.54. The lowest BCUT2D eigenvalue weighted by Crippen LogP contribution is -2.52. The summed E-state index contributed by atoms with van der Waals surface area (Å²) in [6, 6.07) is 6.28. The van der Waals surface area contributed by atoms with E-state index in [9.17, 15) is 14.4 Å². The molecule has 0 saturated carbocycles. The van der Waals surface area contributed by atoms with Gasteiger partial charge in [-0.3, -0.25) is 19.3 Å². The Labute approximate surface area is 146 Å². The van der Waals surface area contributed by atoms with E-state index in [4.69, 9.17) is 4.74 Å². The lowest BCUT2D eigenvalue weighted by atomic mass is 10.1. The summed E-state index contributed by atoms with van der Waals surface area (Å²) in [6.07, 6.45) is 0.265. The van der Waals surface area contributed by atoms with Gasteiger partial charge in [0.15, 0.2) is 0 Å². The van der Waals surface area contributed by atoms with Gasteiger partial charge in [0.2, 0.25) is 11.8 Å². The van der Waals surface area contributed by atoms with Crippen LogP contribution in [0.4, 0.5) is 11.4 Å². The van der Waals surface area contributed by atoms with Crippen molar-refractivity contribution in [2.24, 2.45) is 0 Å². The summed E-state index contributed by atoms with van der Waals surface area (Å²) in [5.41, 5.74) is 1.16. The van der Waals surface area contributed by atoms with Crippen LogP contribution in [0.2, 0.25) is 0 Å². The second kappa shape index (κ2) is 6.93. The van der Waals surface area contributed by atoms with Gasteiger partial charge in [0.25, 0.3) is 5.91 Å². The zero-order valence-electron chi connectivity index (χ0n) is 14.7. The number of morpholine rings is 1. The molecule has 2 heterocycles. The fraction of sp³-hybridized carbons (Fsp3) is 0.500. The van der Waals surface area contributed by atoms with Gasteiger partial charge in [-0.05, 0) is 38.1 Å². The maximum Gasteiger partial charge on any atom is 0.251 e. The van der Waals surface area contributed by atoms with E-state index in [0.29, 0.717) is 24.5 Å². The highest BCUT2D eigenvalue weighted by Crippen LogP contribution is 2.28. The Bertz CT molecular complexity index is 678. The highest BCUT2D eigenvalue weighted by molar-refractivity contribution is 6.22. The number of carbonyl (C=O) groups excluding carboxylic acids is 3. The van der Waals surface area contributed by atoms with Gasteiger partial charge in [-0.15, -0.1) is 0 Å². The molecule has 134 valence electrons. The van der Waals surface area contributed by atoms with Gasteiger partial charge >= 0.3 is 0 Å². The van der Waals surface area contributed by atoms with E-state index in [2.05, 4.69) is 5.32 Å². The number of ether oxygens (including phenoxy) is 1. The van der Waals surface area contributed by atoms with Crippen LogP contribution in [0.3, 0.4) is 0 Å². The third-order valence-electron chi connectivity index (χ3n) is 4.46. The van der Waals surface area contributed by atoms with E-state index in [0.717, 1.165) is 0 Å².